The molecular formula is C13H19NO3S. The first kappa shape index (κ1) is 13.4. The minimum Gasteiger partial charge on any atom is -0.495 e. The molecule has 1 aromatic rings. The van der Waals surface area contributed by atoms with Gasteiger partial charge in [-0.1, -0.05) is 6.07 Å². The van der Waals surface area contributed by atoms with E-state index in [0.717, 1.165) is 18.4 Å². The SMILES string of the molecule is COc1ccc(C)cc1S(=O)(=O)N[C@H](C)C1CC1. The van der Waals surface area contributed by atoms with Crippen LogP contribution >= 0.6 is 0 Å². The molecule has 1 saturated carbocycles. The summed E-state index contributed by atoms with van der Waals surface area (Å²) in [6, 6.07) is 5.15. The van der Waals surface area contributed by atoms with Crippen LogP contribution in [0.5, 0.6) is 5.75 Å². The molecule has 1 atom stereocenters. The number of benzene rings is 1. The zero-order chi connectivity index (χ0) is 13.3. The van der Waals surface area contributed by atoms with Crippen molar-refractivity contribution >= 4 is 10.0 Å². The summed E-state index contributed by atoms with van der Waals surface area (Å²) in [5.74, 6) is 0.867. The monoisotopic (exact) mass is 269 g/mol. The quantitative estimate of drug-likeness (QED) is 0.890. The summed E-state index contributed by atoms with van der Waals surface area (Å²) in [7, 11) is -2.02. The van der Waals surface area contributed by atoms with Gasteiger partial charge in [0.1, 0.15) is 10.6 Å². The van der Waals surface area contributed by atoms with Crippen molar-refractivity contribution in [2.45, 2.75) is 37.6 Å². The Hall–Kier alpha value is -1.07. The van der Waals surface area contributed by atoms with E-state index >= 15 is 0 Å². The Balaban J connectivity index is 2.30. The van der Waals surface area contributed by atoms with Crippen molar-refractivity contribution in [3.05, 3.63) is 23.8 Å². The number of nitrogens with one attached hydrogen (secondary N) is 1. The highest BCUT2D eigenvalue weighted by Crippen LogP contribution is 2.33. The predicted octanol–water partition coefficient (Wildman–Crippen LogP) is 2.08. The molecule has 0 radical (unpaired) electrons. The number of methoxy groups -OCH3 is 1. The van der Waals surface area contributed by atoms with Gasteiger partial charge in [0.05, 0.1) is 7.11 Å². The molecule has 0 saturated heterocycles. The van der Waals surface area contributed by atoms with Gasteiger partial charge in [-0.05, 0) is 50.3 Å². The molecule has 0 amide bonds. The molecule has 5 heteroatoms. The fraction of sp³-hybridized carbons (Fsp3) is 0.538. The lowest BCUT2D eigenvalue weighted by Gasteiger charge is -2.15. The van der Waals surface area contributed by atoms with Crippen LogP contribution in [0.3, 0.4) is 0 Å². The summed E-state index contributed by atoms with van der Waals surface area (Å²) in [6.07, 6.45) is 2.21. The maximum Gasteiger partial charge on any atom is 0.244 e. The van der Waals surface area contributed by atoms with Crippen LogP contribution in [0.4, 0.5) is 0 Å². The van der Waals surface area contributed by atoms with E-state index in [9.17, 15) is 8.42 Å². The van der Waals surface area contributed by atoms with Gasteiger partial charge in [-0.15, -0.1) is 0 Å². The van der Waals surface area contributed by atoms with Crippen LogP contribution in [0, 0.1) is 12.8 Å². The second kappa shape index (κ2) is 4.90. The first-order valence-electron chi connectivity index (χ1n) is 6.11. The molecule has 0 aromatic heterocycles. The zero-order valence-electron chi connectivity index (χ0n) is 10.9. The van der Waals surface area contributed by atoms with Crippen molar-refractivity contribution in [3.63, 3.8) is 0 Å². The van der Waals surface area contributed by atoms with Gasteiger partial charge in [0.2, 0.25) is 10.0 Å². The molecular weight excluding hydrogens is 250 g/mol. The molecule has 4 nitrogen and oxygen atoms in total. The summed E-state index contributed by atoms with van der Waals surface area (Å²) in [6.45, 7) is 3.78. The Morgan fingerprint density at radius 1 is 1.39 bits per heavy atom. The van der Waals surface area contributed by atoms with Gasteiger partial charge in [0.25, 0.3) is 0 Å². The second-order valence-electron chi connectivity index (χ2n) is 4.90. The highest BCUT2D eigenvalue weighted by atomic mass is 32.2. The average Bonchev–Trinajstić information content (AvgIpc) is 3.12. The van der Waals surface area contributed by atoms with Crippen LogP contribution in [0.1, 0.15) is 25.3 Å². The van der Waals surface area contributed by atoms with E-state index in [1.54, 1.807) is 12.1 Å². The second-order valence-corrected chi connectivity index (χ2v) is 6.58. The Kier molecular flexibility index (Phi) is 3.64. The lowest BCUT2D eigenvalue weighted by Crippen LogP contribution is -2.34. The van der Waals surface area contributed by atoms with E-state index in [-0.39, 0.29) is 10.9 Å². The van der Waals surface area contributed by atoms with Crippen molar-refractivity contribution in [3.8, 4) is 5.75 Å². The van der Waals surface area contributed by atoms with Gasteiger partial charge in [-0.3, -0.25) is 0 Å². The largest absolute Gasteiger partial charge is 0.495 e. The summed E-state index contributed by atoms with van der Waals surface area (Å²) >= 11 is 0. The third kappa shape index (κ3) is 2.84. The van der Waals surface area contributed by atoms with Gasteiger partial charge in [-0.2, -0.15) is 0 Å². The Morgan fingerprint density at radius 2 is 2.06 bits per heavy atom. The minimum atomic E-state index is -3.50. The highest BCUT2D eigenvalue weighted by molar-refractivity contribution is 7.89. The fourth-order valence-electron chi connectivity index (χ4n) is 1.99. The number of ether oxygens (including phenoxy) is 1. The topological polar surface area (TPSA) is 55.4 Å². The average molecular weight is 269 g/mol. The lowest BCUT2D eigenvalue weighted by molar-refractivity contribution is 0.401. The predicted molar refractivity (Wildman–Crippen MR) is 70.2 cm³/mol. The van der Waals surface area contributed by atoms with Gasteiger partial charge < -0.3 is 4.74 Å². The van der Waals surface area contributed by atoms with E-state index in [4.69, 9.17) is 4.74 Å². The first-order valence-corrected chi connectivity index (χ1v) is 7.59. The molecule has 2 rings (SSSR count). The van der Waals surface area contributed by atoms with E-state index < -0.39 is 10.0 Å². The molecule has 1 aliphatic rings. The minimum absolute atomic E-state index is 0.0137. The van der Waals surface area contributed by atoms with Crippen molar-refractivity contribution in [1.29, 1.82) is 0 Å². The number of hydrogen-bond donors (Lipinski definition) is 1. The zero-order valence-corrected chi connectivity index (χ0v) is 11.8. The Morgan fingerprint density at radius 3 is 2.61 bits per heavy atom. The molecule has 18 heavy (non-hydrogen) atoms. The standard InChI is InChI=1S/C13H19NO3S/c1-9-4-7-12(17-3)13(8-9)18(15,16)14-10(2)11-5-6-11/h4,7-8,10-11,14H,5-6H2,1-3H3/t10-/m1/s1. The summed E-state index contributed by atoms with van der Waals surface area (Å²) in [5, 5.41) is 0. The number of hydrogen-bond acceptors (Lipinski definition) is 3. The first-order chi connectivity index (χ1) is 8.44. The van der Waals surface area contributed by atoms with E-state index in [0.29, 0.717) is 11.7 Å². The van der Waals surface area contributed by atoms with Gasteiger partial charge >= 0.3 is 0 Å². The molecule has 100 valence electrons. The van der Waals surface area contributed by atoms with Crippen LogP contribution < -0.4 is 9.46 Å². The van der Waals surface area contributed by atoms with Gasteiger partial charge in [-0.25, -0.2) is 13.1 Å². The number of aryl methyl sites for hydroxylation is 1. The summed E-state index contributed by atoms with van der Waals surface area (Å²) < 4.78 is 32.5. The van der Waals surface area contributed by atoms with Crippen LogP contribution in [-0.2, 0) is 10.0 Å². The molecule has 1 N–H and O–H groups in total. The van der Waals surface area contributed by atoms with Crippen molar-refractivity contribution in [2.75, 3.05) is 7.11 Å². The third-order valence-corrected chi connectivity index (χ3v) is 4.86. The molecule has 0 spiro atoms. The van der Waals surface area contributed by atoms with E-state index in [2.05, 4.69) is 4.72 Å². The normalized spacial score (nSPS) is 17.5. The van der Waals surface area contributed by atoms with Gasteiger partial charge in [0.15, 0.2) is 0 Å². The molecule has 0 bridgehead atoms. The maximum absolute atomic E-state index is 12.3. The summed E-state index contributed by atoms with van der Waals surface area (Å²) in [4.78, 5) is 0.220. The smallest absolute Gasteiger partial charge is 0.244 e. The lowest BCUT2D eigenvalue weighted by atomic mass is 10.2. The molecule has 1 aliphatic carbocycles. The highest BCUT2D eigenvalue weighted by Gasteiger charge is 2.32. The van der Waals surface area contributed by atoms with Crippen LogP contribution in [-0.4, -0.2) is 21.6 Å². The van der Waals surface area contributed by atoms with E-state index in [1.807, 2.05) is 19.9 Å². The fourth-order valence-corrected chi connectivity index (χ4v) is 3.56. The number of rotatable bonds is 5. The van der Waals surface area contributed by atoms with Crippen molar-refractivity contribution < 1.29 is 13.2 Å². The van der Waals surface area contributed by atoms with Crippen LogP contribution in [0.25, 0.3) is 0 Å². The molecule has 1 fully saturated rings. The Bertz CT molecular complexity index is 535. The van der Waals surface area contributed by atoms with Crippen LogP contribution in [0.15, 0.2) is 23.1 Å². The summed E-state index contributed by atoms with van der Waals surface area (Å²) in [5.41, 5.74) is 0.898. The third-order valence-electron chi connectivity index (χ3n) is 3.28. The maximum atomic E-state index is 12.3. The molecule has 0 aliphatic heterocycles. The van der Waals surface area contributed by atoms with Crippen molar-refractivity contribution in [2.24, 2.45) is 5.92 Å². The van der Waals surface area contributed by atoms with E-state index in [1.165, 1.54) is 7.11 Å². The molecule has 0 heterocycles. The Labute approximate surface area is 108 Å². The van der Waals surface area contributed by atoms with Crippen molar-refractivity contribution in [1.82, 2.24) is 4.72 Å². The molecule has 1 aromatic carbocycles. The number of sulfonamides is 1. The van der Waals surface area contributed by atoms with Crippen LogP contribution in [0.2, 0.25) is 0 Å². The molecule has 0 unspecified atom stereocenters. The van der Waals surface area contributed by atoms with Gasteiger partial charge in [0, 0.05) is 6.04 Å².